The van der Waals surface area contributed by atoms with Gasteiger partial charge in [0, 0.05) is 31.1 Å². The highest BCUT2D eigenvalue weighted by Gasteiger charge is 2.44. The van der Waals surface area contributed by atoms with Crippen molar-refractivity contribution in [2.75, 3.05) is 26.2 Å². The summed E-state index contributed by atoms with van der Waals surface area (Å²) in [7, 11) is -3.49. The first kappa shape index (κ1) is 23.9. The SMILES string of the molecule is O=S(=O)(c1ccccc1)N1CC[C@@](CCN2C[C@@H]3CC[C@H]2Cc2ccccc2C3)(c2ccccc2)C1. The Morgan fingerprint density at radius 3 is 2.22 bits per heavy atom. The van der Waals surface area contributed by atoms with Crippen LogP contribution in [0.5, 0.6) is 0 Å². The van der Waals surface area contributed by atoms with E-state index in [1.807, 2.05) is 18.2 Å². The van der Waals surface area contributed by atoms with Crippen LogP contribution in [0.2, 0.25) is 0 Å². The van der Waals surface area contributed by atoms with E-state index < -0.39 is 10.0 Å². The van der Waals surface area contributed by atoms with Crippen LogP contribution in [0.25, 0.3) is 0 Å². The highest BCUT2D eigenvalue weighted by molar-refractivity contribution is 7.89. The largest absolute Gasteiger partial charge is 0.300 e. The van der Waals surface area contributed by atoms with Gasteiger partial charge in [0.25, 0.3) is 0 Å². The van der Waals surface area contributed by atoms with Gasteiger partial charge in [-0.2, -0.15) is 4.31 Å². The van der Waals surface area contributed by atoms with Crippen molar-refractivity contribution in [1.29, 1.82) is 0 Å². The van der Waals surface area contributed by atoms with E-state index in [-0.39, 0.29) is 5.41 Å². The zero-order valence-electron chi connectivity index (χ0n) is 20.9. The van der Waals surface area contributed by atoms with E-state index in [2.05, 4.69) is 59.5 Å². The molecule has 4 nitrogen and oxygen atoms in total. The fourth-order valence-corrected chi connectivity index (χ4v) is 8.44. The number of nitrogens with zero attached hydrogens (tertiary/aromatic N) is 2. The summed E-state index contributed by atoms with van der Waals surface area (Å²) in [4.78, 5) is 3.14. The quantitative estimate of drug-likeness (QED) is 0.462. The Morgan fingerprint density at radius 1 is 0.806 bits per heavy atom. The molecule has 0 radical (unpaired) electrons. The van der Waals surface area contributed by atoms with Crippen LogP contribution in [0.3, 0.4) is 0 Å². The van der Waals surface area contributed by atoms with Crippen LogP contribution >= 0.6 is 0 Å². The third-order valence-corrected chi connectivity index (χ3v) is 10.8. The van der Waals surface area contributed by atoms with Gasteiger partial charge in [-0.3, -0.25) is 4.90 Å². The van der Waals surface area contributed by atoms with Crippen molar-refractivity contribution in [3.8, 4) is 0 Å². The maximum atomic E-state index is 13.5. The molecular weight excluding hydrogens is 464 g/mol. The summed E-state index contributed by atoms with van der Waals surface area (Å²) in [6, 6.07) is 29.2. The lowest BCUT2D eigenvalue weighted by atomic mass is 9.75. The normalized spacial score (nSPS) is 26.9. The maximum absolute atomic E-state index is 13.5. The Balaban J connectivity index is 1.24. The number of benzene rings is 3. The molecule has 3 aliphatic heterocycles. The molecule has 2 bridgehead atoms. The Morgan fingerprint density at radius 2 is 1.47 bits per heavy atom. The number of fused-ring (bicyclic) bond motifs is 2. The lowest BCUT2D eigenvalue weighted by molar-refractivity contribution is 0.0920. The molecule has 2 fully saturated rings. The lowest BCUT2D eigenvalue weighted by Crippen LogP contribution is -2.48. The average molecular weight is 501 g/mol. The molecule has 7 rings (SSSR count). The molecule has 3 atom stereocenters. The molecular formula is C31H36N2O2S. The summed E-state index contributed by atoms with van der Waals surface area (Å²) in [6.45, 7) is 3.32. The molecule has 0 amide bonds. The summed E-state index contributed by atoms with van der Waals surface area (Å²) in [6.07, 6.45) is 6.77. The zero-order valence-corrected chi connectivity index (χ0v) is 21.7. The zero-order chi connectivity index (χ0) is 24.6. The van der Waals surface area contributed by atoms with E-state index in [9.17, 15) is 8.42 Å². The first-order valence-corrected chi connectivity index (χ1v) is 14.9. The van der Waals surface area contributed by atoms with Gasteiger partial charge in [0.2, 0.25) is 10.0 Å². The molecule has 1 aliphatic carbocycles. The minimum absolute atomic E-state index is 0.150. The molecule has 3 aromatic carbocycles. The molecule has 2 saturated heterocycles. The molecule has 0 aromatic heterocycles. The molecule has 3 aromatic rings. The monoisotopic (exact) mass is 500 g/mol. The molecule has 3 heterocycles. The Kier molecular flexibility index (Phi) is 6.49. The van der Waals surface area contributed by atoms with Gasteiger partial charge in [0.15, 0.2) is 0 Å². The fraction of sp³-hybridized carbons (Fsp3) is 0.419. The van der Waals surface area contributed by atoms with Crippen molar-refractivity contribution in [3.63, 3.8) is 0 Å². The molecule has 0 unspecified atom stereocenters. The second-order valence-corrected chi connectivity index (χ2v) is 13.0. The van der Waals surface area contributed by atoms with Crippen LogP contribution < -0.4 is 0 Å². The topological polar surface area (TPSA) is 40.6 Å². The summed E-state index contributed by atoms with van der Waals surface area (Å²) in [5.41, 5.74) is 4.20. The van der Waals surface area contributed by atoms with Crippen molar-refractivity contribution in [2.24, 2.45) is 5.92 Å². The third-order valence-electron chi connectivity index (χ3n) is 8.96. The summed E-state index contributed by atoms with van der Waals surface area (Å²) in [5, 5.41) is 0. The molecule has 36 heavy (non-hydrogen) atoms. The van der Waals surface area contributed by atoms with Crippen molar-refractivity contribution in [2.45, 2.75) is 54.9 Å². The second kappa shape index (κ2) is 9.77. The van der Waals surface area contributed by atoms with Crippen LogP contribution in [0.15, 0.2) is 89.8 Å². The maximum Gasteiger partial charge on any atom is 0.243 e. The van der Waals surface area contributed by atoms with Gasteiger partial charge in [-0.25, -0.2) is 8.42 Å². The lowest BCUT2D eigenvalue weighted by Gasteiger charge is -2.44. The predicted molar refractivity (Wildman–Crippen MR) is 144 cm³/mol. The van der Waals surface area contributed by atoms with Gasteiger partial charge in [-0.1, -0.05) is 72.8 Å². The predicted octanol–water partition coefficient (Wildman–Crippen LogP) is 5.29. The summed E-state index contributed by atoms with van der Waals surface area (Å²) >= 11 is 0. The second-order valence-electron chi connectivity index (χ2n) is 11.1. The number of hydrogen-bond acceptors (Lipinski definition) is 3. The van der Waals surface area contributed by atoms with Gasteiger partial charge in [0.05, 0.1) is 4.90 Å². The van der Waals surface area contributed by atoms with Gasteiger partial charge in [0.1, 0.15) is 0 Å². The van der Waals surface area contributed by atoms with Gasteiger partial charge in [-0.05, 0) is 79.8 Å². The van der Waals surface area contributed by atoms with E-state index >= 15 is 0 Å². The first-order valence-electron chi connectivity index (χ1n) is 13.5. The van der Waals surface area contributed by atoms with Crippen molar-refractivity contribution >= 4 is 10.0 Å². The van der Waals surface area contributed by atoms with E-state index in [0.29, 0.717) is 29.9 Å². The van der Waals surface area contributed by atoms with E-state index in [1.54, 1.807) is 22.0 Å². The number of sulfonamides is 1. The molecule has 188 valence electrons. The van der Waals surface area contributed by atoms with Gasteiger partial charge < -0.3 is 0 Å². The van der Waals surface area contributed by atoms with Crippen molar-refractivity contribution in [3.05, 3.63) is 102 Å². The standard InChI is InChI=1S/C31H36N2O2S/c34-36(35,30-13-5-2-6-14-30)33-20-18-31(24-33,28-11-3-1-4-12-28)17-19-32-23-25-15-16-29(32)22-27-10-8-7-9-26(27)21-25/h1-14,25,29H,15-24H2/t25-,29+,31-/m1/s1. The molecule has 0 spiro atoms. The average Bonchev–Trinajstić information content (AvgIpc) is 3.35. The minimum Gasteiger partial charge on any atom is -0.300 e. The first-order chi connectivity index (χ1) is 17.5. The van der Waals surface area contributed by atoms with E-state index in [0.717, 1.165) is 32.4 Å². The molecule has 4 aliphatic rings. The molecule has 0 N–H and O–H groups in total. The van der Waals surface area contributed by atoms with Crippen LogP contribution in [-0.2, 0) is 28.3 Å². The Labute approximate surface area is 216 Å². The smallest absolute Gasteiger partial charge is 0.243 e. The molecule has 5 heteroatoms. The van der Waals surface area contributed by atoms with E-state index in [4.69, 9.17) is 0 Å². The number of hydrogen-bond donors (Lipinski definition) is 0. The van der Waals surface area contributed by atoms with Crippen LogP contribution in [0.4, 0.5) is 0 Å². The van der Waals surface area contributed by atoms with E-state index in [1.165, 1.54) is 30.4 Å². The highest BCUT2D eigenvalue weighted by atomic mass is 32.2. The highest BCUT2D eigenvalue weighted by Crippen LogP contribution is 2.41. The van der Waals surface area contributed by atoms with Crippen molar-refractivity contribution in [1.82, 2.24) is 9.21 Å². The van der Waals surface area contributed by atoms with Crippen LogP contribution in [0, 0.1) is 5.92 Å². The third kappa shape index (κ3) is 4.53. The number of piperidine rings is 1. The van der Waals surface area contributed by atoms with Gasteiger partial charge >= 0.3 is 0 Å². The number of rotatable bonds is 6. The Bertz CT molecular complexity index is 1290. The Hall–Kier alpha value is -2.47. The van der Waals surface area contributed by atoms with Crippen molar-refractivity contribution < 1.29 is 8.42 Å². The summed E-state index contributed by atoms with van der Waals surface area (Å²) in [5.74, 6) is 0.717. The summed E-state index contributed by atoms with van der Waals surface area (Å²) < 4.78 is 28.7. The van der Waals surface area contributed by atoms with Crippen LogP contribution in [-0.4, -0.2) is 49.8 Å². The fourth-order valence-electron chi connectivity index (χ4n) is 6.89. The van der Waals surface area contributed by atoms with Crippen LogP contribution in [0.1, 0.15) is 42.4 Å². The molecule has 0 saturated carbocycles. The van der Waals surface area contributed by atoms with Gasteiger partial charge in [-0.15, -0.1) is 0 Å². The minimum atomic E-state index is -3.49.